The first-order valence-corrected chi connectivity index (χ1v) is 9.55. The van der Waals surface area contributed by atoms with E-state index in [-0.39, 0.29) is 5.91 Å². The Balaban J connectivity index is 1.37. The average Bonchev–Trinajstić information content (AvgIpc) is 2.99. The van der Waals surface area contributed by atoms with Crippen LogP contribution in [0.1, 0.15) is 24.8 Å². The van der Waals surface area contributed by atoms with Crippen LogP contribution in [0.4, 0.5) is 11.4 Å². The third kappa shape index (κ3) is 4.19. The summed E-state index contributed by atoms with van der Waals surface area (Å²) in [5, 5.41) is 3.08. The molecule has 2 aromatic rings. The van der Waals surface area contributed by atoms with E-state index in [0.29, 0.717) is 37.9 Å². The molecular formula is C21H24N4O3. The van der Waals surface area contributed by atoms with Gasteiger partial charge in [0.2, 0.25) is 5.91 Å². The van der Waals surface area contributed by atoms with Crippen LogP contribution in [0.15, 0.2) is 47.5 Å². The molecule has 0 radical (unpaired) electrons. The predicted octanol–water partition coefficient (Wildman–Crippen LogP) is 2.90. The zero-order valence-electron chi connectivity index (χ0n) is 15.7. The number of ether oxygens (including phenoxy) is 2. The number of nitrogens with one attached hydrogen (secondary N) is 1. The summed E-state index contributed by atoms with van der Waals surface area (Å²) in [5.74, 6) is 1.97. The van der Waals surface area contributed by atoms with Crippen LogP contribution in [-0.4, -0.2) is 31.6 Å². The summed E-state index contributed by atoms with van der Waals surface area (Å²) in [6.07, 6.45) is 2.42. The highest BCUT2D eigenvalue weighted by Crippen LogP contribution is 2.32. The van der Waals surface area contributed by atoms with Crippen LogP contribution in [0.5, 0.6) is 11.5 Å². The van der Waals surface area contributed by atoms with Gasteiger partial charge >= 0.3 is 0 Å². The number of hydrogen-bond donors (Lipinski definition) is 2. The molecule has 3 N–H and O–H groups in total. The van der Waals surface area contributed by atoms with Crippen molar-refractivity contribution >= 4 is 23.2 Å². The lowest BCUT2D eigenvalue weighted by molar-refractivity contribution is -0.117. The first-order valence-electron chi connectivity index (χ1n) is 9.55. The van der Waals surface area contributed by atoms with Gasteiger partial charge in [-0.1, -0.05) is 12.1 Å². The number of carbonyl (C=O) groups is 1. The molecule has 1 amide bonds. The van der Waals surface area contributed by atoms with Crippen LogP contribution < -0.4 is 25.4 Å². The smallest absolute Gasteiger partial charge is 0.227 e. The van der Waals surface area contributed by atoms with Crippen LogP contribution in [0, 0.1) is 0 Å². The first-order chi connectivity index (χ1) is 13.7. The fourth-order valence-corrected chi connectivity index (χ4v) is 3.31. The minimum atomic E-state index is 0.189. The maximum atomic E-state index is 11.8. The average molecular weight is 380 g/mol. The molecule has 0 unspecified atom stereocenters. The van der Waals surface area contributed by atoms with Crippen molar-refractivity contribution in [3.63, 3.8) is 0 Å². The number of fused-ring (bicyclic) bond motifs is 1. The minimum Gasteiger partial charge on any atom is -0.490 e. The van der Waals surface area contributed by atoms with E-state index in [4.69, 9.17) is 15.2 Å². The Hall–Kier alpha value is -3.22. The van der Waals surface area contributed by atoms with Gasteiger partial charge in [0.25, 0.3) is 0 Å². The molecule has 146 valence electrons. The van der Waals surface area contributed by atoms with Crippen molar-refractivity contribution in [1.29, 1.82) is 0 Å². The predicted molar refractivity (Wildman–Crippen MR) is 109 cm³/mol. The molecule has 0 saturated carbocycles. The number of nitrogens with two attached hydrogens (primary N) is 1. The second-order valence-corrected chi connectivity index (χ2v) is 6.85. The van der Waals surface area contributed by atoms with Crippen LogP contribution in [0.2, 0.25) is 0 Å². The number of aliphatic imine (C=N–C) groups is 1. The summed E-state index contributed by atoms with van der Waals surface area (Å²) < 4.78 is 11.3. The molecule has 1 saturated heterocycles. The van der Waals surface area contributed by atoms with Crippen molar-refractivity contribution in [1.82, 2.24) is 0 Å². The highest BCUT2D eigenvalue weighted by atomic mass is 16.5. The number of hydrogen-bond acceptors (Lipinski definition) is 4. The molecule has 7 nitrogen and oxygen atoms in total. The Morgan fingerprint density at radius 2 is 1.86 bits per heavy atom. The van der Waals surface area contributed by atoms with E-state index >= 15 is 0 Å². The summed E-state index contributed by atoms with van der Waals surface area (Å²) in [7, 11) is 0. The molecule has 0 bridgehead atoms. The summed E-state index contributed by atoms with van der Waals surface area (Å²) in [4.78, 5) is 18.0. The standard InChI is InChI=1S/C21H24N4O3/c22-21(24-16-6-9-18-19(13-16)28-12-2-11-27-18)23-14-15-4-7-17(8-5-15)25-10-1-3-20(25)26/h4-9,13H,1-3,10-12,14H2,(H3,22,23,24). The zero-order valence-corrected chi connectivity index (χ0v) is 15.7. The molecule has 2 aliphatic rings. The Morgan fingerprint density at radius 3 is 2.61 bits per heavy atom. The molecule has 2 aromatic carbocycles. The third-order valence-corrected chi connectivity index (χ3v) is 4.77. The van der Waals surface area contributed by atoms with E-state index in [1.54, 1.807) is 0 Å². The molecule has 7 heteroatoms. The van der Waals surface area contributed by atoms with Crippen molar-refractivity contribution in [2.24, 2.45) is 10.7 Å². The highest BCUT2D eigenvalue weighted by Gasteiger charge is 2.21. The van der Waals surface area contributed by atoms with Crippen molar-refractivity contribution < 1.29 is 14.3 Å². The molecule has 28 heavy (non-hydrogen) atoms. The van der Waals surface area contributed by atoms with Gasteiger partial charge in [-0.2, -0.15) is 0 Å². The second-order valence-electron chi connectivity index (χ2n) is 6.85. The minimum absolute atomic E-state index is 0.189. The number of rotatable bonds is 4. The maximum absolute atomic E-state index is 11.8. The number of benzene rings is 2. The molecule has 0 aliphatic carbocycles. The van der Waals surface area contributed by atoms with E-state index in [1.165, 1.54) is 0 Å². The van der Waals surface area contributed by atoms with Crippen LogP contribution >= 0.6 is 0 Å². The third-order valence-electron chi connectivity index (χ3n) is 4.77. The maximum Gasteiger partial charge on any atom is 0.227 e. The summed E-state index contributed by atoms with van der Waals surface area (Å²) in [6.45, 7) is 2.55. The largest absolute Gasteiger partial charge is 0.490 e. The lowest BCUT2D eigenvalue weighted by Gasteiger charge is -2.15. The van der Waals surface area contributed by atoms with Gasteiger partial charge in [-0.25, -0.2) is 4.99 Å². The van der Waals surface area contributed by atoms with Gasteiger partial charge < -0.3 is 25.4 Å². The van der Waals surface area contributed by atoms with Crippen molar-refractivity contribution in [2.45, 2.75) is 25.8 Å². The van der Waals surface area contributed by atoms with E-state index in [9.17, 15) is 4.79 Å². The van der Waals surface area contributed by atoms with E-state index in [1.807, 2.05) is 47.4 Å². The molecule has 0 spiro atoms. The molecule has 0 atom stereocenters. The Labute approximate surface area is 164 Å². The number of anilines is 2. The Kier molecular flexibility index (Phi) is 5.32. The van der Waals surface area contributed by atoms with Crippen molar-refractivity contribution in [3.8, 4) is 11.5 Å². The lowest BCUT2D eigenvalue weighted by atomic mass is 10.2. The first kappa shape index (κ1) is 18.2. The second kappa shape index (κ2) is 8.21. The van der Waals surface area contributed by atoms with Crippen molar-refractivity contribution in [3.05, 3.63) is 48.0 Å². The van der Waals surface area contributed by atoms with Crippen LogP contribution in [0.25, 0.3) is 0 Å². The van der Waals surface area contributed by atoms with Crippen molar-refractivity contribution in [2.75, 3.05) is 30.0 Å². The van der Waals surface area contributed by atoms with E-state index < -0.39 is 0 Å². The number of amides is 1. The molecule has 4 rings (SSSR count). The number of nitrogens with zero attached hydrogens (tertiary/aromatic N) is 2. The topological polar surface area (TPSA) is 89.2 Å². The summed E-state index contributed by atoms with van der Waals surface area (Å²) in [6, 6.07) is 13.5. The van der Waals surface area contributed by atoms with Crippen LogP contribution in [0.3, 0.4) is 0 Å². The Morgan fingerprint density at radius 1 is 1.07 bits per heavy atom. The quantitative estimate of drug-likeness (QED) is 0.629. The fourth-order valence-electron chi connectivity index (χ4n) is 3.31. The SMILES string of the molecule is NC(=NCc1ccc(N2CCCC2=O)cc1)Nc1ccc2c(c1)OCCCO2. The Bertz CT molecular complexity index is 880. The molecule has 2 heterocycles. The van der Waals surface area contributed by atoms with Gasteiger partial charge in [-0.05, 0) is 36.2 Å². The molecule has 2 aliphatic heterocycles. The number of carbonyl (C=O) groups excluding carboxylic acids is 1. The summed E-state index contributed by atoms with van der Waals surface area (Å²) in [5.41, 5.74) is 8.79. The molecule has 1 fully saturated rings. The zero-order chi connectivity index (χ0) is 19.3. The summed E-state index contributed by atoms with van der Waals surface area (Å²) >= 11 is 0. The van der Waals surface area contributed by atoms with E-state index in [0.717, 1.165) is 42.1 Å². The number of guanidine groups is 1. The molecule has 0 aromatic heterocycles. The van der Waals surface area contributed by atoms with Gasteiger partial charge in [-0.15, -0.1) is 0 Å². The lowest BCUT2D eigenvalue weighted by Crippen LogP contribution is -2.23. The van der Waals surface area contributed by atoms with Gasteiger partial charge in [-0.3, -0.25) is 4.79 Å². The van der Waals surface area contributed by atoms with E-state index in [2.05, 4.69) is 10.3 Å². The van der Waals surface area contributed by atoms with Crippen LogP contribution in [-0.2, 0) is 11.3 Å². The normalized spacial score (nSPS) is 16.8. The highest BCUT2D eigenvalue weighted by molar-refractivity contribution is 5.95. The van der Waals surface area contributed by atoms with Gasteiger partial charge in [0, 0.05) is 36.8 Å². The molecular weight excluding hydrogens is 356 g/mol. The monoisotopic (exact) mass is 380 g/mol. The van der Waals surface area contributed by atoms with Gasteiger partial charge in [0.1, 0.15) is 0 Å². The fraction of sp³-hybridized carbons (Fsp3) is 0.333. The van der Waals surface area contributed by atoms with Gasteiger partial charge in [0.05, 0.1) is 19.8 Å². The van der Waals surface area contributed by atoms with Gasteiger partial charge in [0.15, 0.2) is 17.5 Å².